The van der Waals surface area contributed by atoms with Gasteiger partial charge in [-0.25, -0.2) is 9.51 Å². The third-order valence-electron chi connectivity index (χ3n) is 1.07. The highest BCUT2D eigenvalue weighted by Crippen LogP contribution is 2.15. The van der Waals surface area contributed by atoms with Crippen molar-refractivity contribution in [1.82, 2.24) is 5.16 Å². The number of nitrogens with zero attached hydrogens (tertiary/aromatic N) is 1. The van der Waals surface area contributed by atoms with Gasteiger partial charge in [0.2, 0.25) is 0 Å². The van der Waals surface area contributed by atoms with Gasteiger partial charge in [0.05, 0.1) is 5.41 Å². The first-order valence-corrected chi connectivity index (χ1v) is 2.93. The fourth-order valence-electron chi connectivity index (χ4n) is 0.544. The van der Waals surface area contributed by atoms with Crippen LogP contribution in [0.2, 0.25) is 0 Å². The van der Waals surface area contributed by atoms with Crippen LogP contribution >= 0.6 is 0 Å². The molecule has 0 spiro atoms. The molecule has 0 unspecified atom stereocenters. The summed E-state index contributed by atoms with van der Waals surface area (Å²) in [5, 5.41) is 3.56. The first-order valence-electron chi connectivity index (χ1n) is 2.93. The molecule has 0 bridgehead atoms. The molecule has 1 aromatic rings. The zero-order valence-electron chi connectivity index (χ0n) is 5.93. The molecular formula is C6H11N2O+. The molecule has 1 aromatic heterocycles. The van der Waals surface area contributed by atoms with Crippen LogP contribution in [0.15, 0.2) is 10.9 Å². The number of aromatic nitrogens is 2. The van der Waals surface area contributed by atoms with E-state index in [1.807, 2.05) is 0 Å². The Hall–Kier alpha value is -0.860. The molecule has 0 aromatic carbocycles. The van der Waals surface area contributed by atoms with Crippen molar-refractivity contribution in [2.45, 2.75) is 26.2 Å². The highest BCUT2D eigenvalue weighted by atomic mass is 16.5. The molecule has 0 radical (unpaired) electrons. The van der Waals surface area contributed by atoms with Gasteiger partial charge < -0.3 is 0 Å². The second-order valence-corrected chi connectivity index (χ2v) is 3.05. The van der Waals surface area contributed by atoms with E-state index in [-0.39, 0.29) is 5.41 Å². The maximum Gasteiger partial charge on any atom is 0.334 e. The number of H-pyrrole nitrogens is 1. The average Bonchev–Trinajstić information content (AvgIpc) is 2.08. The van der Waals surface area contributed by atoms with Crippen molar-refractivity contribution in [3.63, 3.8) is 0 Å². The predicted molar refractivity (Wildman–Crippen MR) is 31.8 cm³/mol. The summed E-state index contributed by atoms with van der Waals surface area (Å²) in [7, 11) is 0. The van der Waals surface area contributed by atoms with Crippen LogP contribution < -0.4 is 4.98 Å². The molecule has 0 aliphatic carbocycles. The molecule has 3 heteroatoms. The Labute approximate surface area is 54.1 Å². The van der Waals surface area contributed by atoms with E-state index >= 15 is 0 Å². The Morgan fingerprint density at radius 2 is 2.22 bits per heavy atom. The van der Waals surface area contributed by atoms with Crippen LogP contribution in [0, 0.1) is 0 Å². The molecule has 1 N–H and O–H groups in total. The first-order chi connectivity index (χ1) is 4.11. The lowest BCUT2D eigenvalue weighted by molar-refractivity contribution is -0.404. The number of hydrogen-bond donors (Lipinski definition) is 0. The van der Waals surface area contributed by atoms with Crippen LogP contribution in [-0.4, -0.2) is 5.16 Å². The lowest BCUT2D eigenvalue weighted by atomic mass is 9.97. The minimum atomic E-state index is 0.0382. The van der Waals surface area contributed by atoms with Crippen LogP contribution in [0.25, 0.3) is 0 Å². The normalized spacial score (nSPS) is 11.9. The molecule has 3 nitrogen and oxygen atoms in total. The first kappa shape index (κ1) is 6.26. The summed E-state index contributed by atoms with van der Waals surface area (Å²) in [4.78, 5) is 2.90. The summed E-state index contributed by atoms with van der Waals surface area (Å²) in [5.74, 6) is 0.808. The van der Waals surface area contributed by atoms with E-state index in [4.69, 9.17) is 4.52 Å². The fraction of sp³-hybridized carbons (Fsp3) is 0.667. The molecule has 9 heavy (non-hydrogen) atoms. The highest BCUT2D eigenvalue weighted by molar-refractivity contribution is 4.86. The van der Waals surface area contributed by atoms with Crippen molar-refractivity contribution in [3.05, 3.63) is 12.2 Å². The second-order valence-electron chi connectivity index (χ2n) is 3.05. The Morgan fingerprint density at radius 1 is 1.56 bits per heavy atom. The second kappa shape index (κ2) is 1.83. The summed E-state index contributed by atoms with van der Waals surface area (Å²) in [6.45, 7) is 6.18. The third kappa shape index (κ3) is 1.28. The SMILES string of the molecule is CC(C)(C)c1[nH+]cno1. The molecule has 0 atom stereocenters. The van der Waals surface area contributed by atoms with Gasteiger partial charge in [-0.3, -0.25) is 0 Å². The molecule has 1 heterocycles. The quantitative estimate of drug-likeness (QED) is 0.516. The van der Waals surface area contributed by atoms with Gasteiger partial charge in [0.25, 0.3) is 0 Å². The van der Waals surface area contributed by atoms with E-state index in [1.54, 1.807) is 6.33 Å². The van der Waals surface area contributed by atoms with Crippen molar-refractivity contribution >= 4 is 0 Å². The molecular weight excluding hydrogens is 116 g/mol. The van der Waals surface area contributed by atoms with Gasteiger partial charge in [-0.2, -0.15) is 0 Å². The van der Waals surface area contributed by atoms with E-state index in [9.17, 15) is 0 Å². The Kier molecular flexibility index (Phi) is 1.27. The van der Waals surface area contributed by atoms with Crippen LogP contribution in [-0.2, 0) is 5.41 Å². The third-order valence-corrected chi connectivity index (χ3v) is 1.07. The summed E-state index contributed by atoms with van der Waals surface area (Å²) in [6, 6.07) is 0. The van der Waals surface area contributed by atoms with E-state index < -0.39 is 0 Å². The van der Waals surface area contributed by atoms with Crippen molar-refractivity contribution < 1.29 is 9.51 Å². The zero-order valence-corrected chi connectivity index (χ0v) is 5.93. The van der Waals surface area contributed by atoms with Gasteiger partial charge in [0.15, 0.2) is 5.16 Å². The molecule has 0 saturated carbocycles. The Balaban J connectivity index is 2.90. The van der Waals surface area contributed by atoms with E-state index in [0.29, 0.717) is 0 Å². The standard InChI is InChI=1S/C6H10N2O/c1-6(2,3)5-7-4-8-9-5/h4H,1-3H3/p+1. The average molecular weight is 127 g/mol. The van der Waals surface area contributed by atoms with Crippen molar-refractivity contribution in [3.8, 4) is 0 Å². The van der Waals surface area contributed by atoms with Gasteiger partial charge >= 0.3 is 12.2 Å². The van der Waals surface area contributed by atoms with Gasteiger partial charge in [0.1, 0.15) is 0 Å². The number of aromatic amines is 1. The topological polar surface area (TPSA) is 40.2 Å². The zero-order chi connectivity index (χ0) is 6.91. The fourth-order valence-corrected chi connectivity index (χ4v) is 0.544. The molecule has 0 fully saturated rings. The Morgan fingerprint density at radius 3 is 2.44 bits per heavy atom. The maximum absolute atomic E-state index is 4.89. The van der Waals surface area contributed by atoms with Gasteiger partial charge in [0, 0.05) is 0 Å². The molecule has 0 amide bonds. The van der Waals surface area contributed by atoms with E-state index in [0.717, 1.165) is 5.89 Å². The summed E-state index contributed by atoms with van der Waals surface area (Å²) in [5.41, 5.74) is 0.0382. The van der Waals surface area contributed by atoms with Crippen LogP contribution in [0.5, 0.6) is 0 Å². The van der Waals surface area contributed by atoms with Crippen LogP contribution in [0.4, 0.5) is 0 Å². The molecule has 0 saturated heterocycles. The van der Waals surface area contributed by atoms with E-state index in [2.05, 4.69) is 30.9 Å². The number of hydrogen-bond acceptors (Lipinski definition) is 2. The predicted octanol–water partition coefficient (Wildman–Crippen LogP) is 0.786. The Bertz CT molecular complexity index is 173. The number of rotatable bonds is 0. The van der Waals surface area contributed by atoms with Crippen LogP contribution in [0.1, 0.15) is 26.7 Å². The highest BCUT2D eigenvalue weighted by Gasteiger charge is 2.23. The van der Waals surface area contributed by atoms with Crippen LogP contribution in [0.3, 0.4) is 0 Å². The minimum Gasteiger partial charge on any atom is -0.218 e. The largest absolute Gasteiger partial charge is 0.334 e. The lowest BCUT2D eigenvalue weighted by Gasteiger charge is -2.06. The smallest absolute Gasteiger partial charge is 0.218 e. The summed E-state index contributed by atoms with van der Waals surface area (Å²) >= 11 is 0. The lowest BCUT2D eigenvalue weighted by Crippen LogP contribution is -2.20. The van der Waals surface area contributed by atoms with Gasteiger partial charge in [-0.1, -0.05) is 0 Å². The van der Waals surface area contributed by atoms with Crippen molar-refractivity contribution in [2.75, 3.05) is 0 Å². The molecule has 0 aliphatic heterocycles. The summed E-state index contributed by atoms with van der Waals surface area (Å²) < 4.78 is 4.89. The summed E-state index contributed by atoms with van der Waals surface area (Å²) in [6.07, 6.45) is 1.54. The van der Waals surface area contributed by atoms with E-state index in [1.165, 1.54) is 0 Å². The monoisotopic (exact) mass is 127 g/mol. The minimum absolute atomic E-state index is 0.0382. The van der Waals surface area contributed by atoms with Gasteiger partial charge in [-0.15, -0.1) is 0 Å². The van der Waals surface area contributed by atoms with Crippen molar-refractivity contribution in [1.29, 1.82) is 0 Å². The maximum atomic E-state index is 4.89. The van der Waals surface area contributed by atoms with Gasteiger partial charge in [-0.05, 0) is 20.8 Å². The molecule has 50 valence electrons. The molecule has 1 rings (SSSR count). The number of nitrogens with one attached hydrogen (secondary N) is 1. The molecule has 0 aliphatic rings. The van der Waals surface area contributed by atoms with Crippen molar-refractivity contribution in [2.24, 2.45) is 0 Å².